The Bertz CT molecular complexity index is 286. The highest BCUT2D eigenvalue weighted by Gasteiger charge is 2.16. The zero-order valence-corrected chi connectivity index (χ0v) is 7.30. The third-order valence-electron chi connectivity index (χ3n) is 1.89. The van der Waals surface area contributed by atoms with Crippen molar-refractivity contribution in [1.29, 1.82) is 0 Å². The maximum absolute atomic E-state index is 5.46. The van der Waals surface area contributed by atoms with Crippen LogP contribution in [0, 0.1) is 0 Å². The van der Waals surface area contributed by atoms with Crippen molar-refractivity contribution in [2.45, 2.75) is 6.42 Å². The smallest absolute Gasteiger partial charge is 0.164 e. The molecule has 0 spiro atoms. The van der Waals surface area contributed by atoms with Crippen LogP contribution in [0.4, 0.5) is 0 Å². The van der Waals surface area contributed by atoms with Gasteiger partial charge >= 0.3 is 0 Å². The van der Waals surface area contributed by atoms with E-state index in [1.807, 2.05) is 18.2 Å². The fraction of sp³-hybridized carbons (Fsp3) is 0.333. The molecular formula is C9H9ClO2. The monoisotopic (exact) mass is 184 g/mol. The minimum atomic E-state index is 0.166. The Morgan fingerprint density at radius 1 is 1.50 bits per heavy atom. The fourth-order valence-electron chi connectivity index (χ4n) is 1.36. The van der Waals surface area contributed by atoms with Crippen LogP contribution in [-0.4, -0.2) is 12.7 Å². The molecule has 12 heavy (non-hydrogen) atoms. The van der Waals surface area contributed by atoms with Crippen molar-refractivity contribution in [1.82, 2.24) is 0 Å². The second-order valence-corrected chi connectivity index (χ2v) is 2.81. The summed E-state index contributed by atoms with van der Waals surface area (Å²) >= 11 is 5.46. The average Bonchev–Trinajstić information content (AvgIpc) is 2.53. The number of benzene rings is 1. The second-order valence-electron chi connectivity index (χ2n) is 2.60. The van der Waals surface area contributed by atoms with E-state index in [2.05, 4.69) is 0 Å². The Morgan fingerprint density at radius 2 is 2.42 bits per heavy atom. The Labute approximate surface area is 76.1 Å². The fourth-order valence-corrected chi connectivity index (χ4v) is 1.48. The number of halogens is 1. The molecule has 0 bridgehead atoms. The molecule has 2 rings (SSSR count). The lowest BCUT2D eigenvalue weighted by Gasteiger charge is -2.06. The van der Waals surface area contributed by atoms with E-state index in [-0.39, 0.29) is 6.07 Å². The minimum absolute atomic E-state index is 0.166. The van der Waals surface area contributed by atoms with Gasteiger partial charge in [-0.1, -0.05) is 23.7 Å². The van der Waals surface area contributed by atoms with Crippen LogP contribution in [0.5, 0.6) is 11.5 Å². The molecule has 0 saturated heterocycles. The Hall–Kier alpha value is -0.890. The van der Waals surface area contributed by atoms with E-state index >= 15 is 0 Å². The first-order valence-electron chi connectivity index (χ1n) is 3.85. The molecule has 1 aliphatic heterocycles. The van der Waals surface area contributed by atoms with Crippen LogP contribution in [0.25, 0.3) is 0 Å². The molecule has 0 N–H and O–H groups in total. The molecule has 0 fully saturated rings. The summed E-state index contributed by atoms with van der Waals surface area (Å²) in [5.41, 5.74) is 1.21. The molecule has 1 aromatic carbocycles. The summed E-state index contributed by atoms with van der Waals surface area (Å²) in [5, 5.41) is 0. The molecule has 1 heterocycles. The molecular weight excluding hydrogens is 176 g/mol. The molecule has 0 amide bonds. The summed E-state index contributed by atoms with van der Waals surface area (Å²) < 4.78 is 10.6. The van der Waals surface area contributed by atoms with Crippen molar-refractivity contribution < 1.29 is 9.47 Å². The maximum Gasteiger partial charge on any atom is 0.164 e. The van der Waals surface area contributed by atoms with Gasteiger partial charge < -0.3 is 9.47 Å². The number of alkyl halides is 1. The average molecular weight is 185 g/mol. The van der Waals surface area contributed by atoms with Crippen LogP contribution < -0.4 is 9.47 Å². The molecule has 0 atom stereocenters. The Kier molecular flexibility index (Phi) is 2.09. The van der Waals surface area contributed by atoms with E-state index in [0.717, 1.165) is 24.5 Å². The molecule has 0 aromatic heterocycles. The lowest BCUT2D eigenvalue weighted by atomic mass is 10.2. The highest BCUT2D eigenvalue weighted by Crippen LogP contribution is 2.35. The van der Waals surface area contributed by atoms with Crippen LogP contribution in [0.2, 0.25) is 0 Å². The van der Waals surface area contributed by atoms with Crippen LogP contribution in [0.3, 0.4) is 0 Å². The Morgan fingerprint density at radius 3 is 3.25 bits per heavy atom. The van der Waals surface area contributed by atoms with Crippen LogP contribution in [0.1, 0.15) is 5.56 Å². The van der Waals surface area contributed by atoms with Gasteiger partial charge in [-0.25, -0.2) is 0 Å². The van der Waals surface area contributed by atoms with Gasteiger partial charge in [-0.15, -0.1) is 0 Å². The van der Waals surface area contributed by atoms with Gasteiger partial charge in [-0.2, -0.15) is 0 Å². The quantitative estimate of drug-likeness (QED) is 0.656. The molecule has 0 saturated carbocycles. The molecule has 0 unspecified atom stereocenters. The summed E-state index contributed by atoms with van der Waals surface area (Å²) in [5.74, 6) is 1.61. The van der Waals surface area contributed by atoms with E-state index < -0.39 is 0 Å². The first-order chi connectivity index (χ1) is 5.92. The van der Waals surface area contributed by atoms with Crippen molar-refractivity contribution in [2.75, 3.05) is 12.7 Å². The zero-order chi connectivity index (χ0) is 8.39. The van der Waals surface area contributed by atoms with Crippen molar-refractivity contribution >= 4 is 11.6 Å². The van der Waals surface area contributed by atoms with Gasteiger partial charge in [0.2, 0.25) is 0 Å². The summed E-state index contributed by atoms with van der Waals surface area (Å²) in [4.78, 5) is 0. The molecule has 1 aliphatic rings. The van der Waals surface area contributed by atoms with Gasteiger partial charge in [0, 0.05) is 12.0 Å². The van der Waals surface area contributed by atoms with E-state index in [1.54, 1.807) is 0 Å². The topological polar surface area (TPSA) is 18.5 Å². The first kappa shape index (κ1) is 7.74. The standard InChI is InChI=1S/C9H9ClO2/c10-6-12-8-3-1-2-7-4-5-11-9(7)8/h1-3H,4-6H2. The van der Waals surface area contributed by atoms with Crippen molar-refractivity contribution in [3.8, 4) is 11.5 Å². The van der Waals surface area contributed by atoms with E-state index in [1.165, 1.54) is 5.56 Å². The normalized spacial score (nSPS) is 13.8. The number of hydrogen-bond donors (Lipinski definition) is 0. The number of hydrogen-bond acceptors (Lipinski definition) is 2. The van der Waals surface area contributed by atoms with Crippen molar-refractivity contribution in [2.24, 2.45) is 0 Å². The lowest BCUT2D eigenvalue weighted by molar-refractivity contribution is 0.318. The van der Waals surface area contributed by atoms with E-state index in [4.69, 9.17) is 21.1 Å². The van der Waals surface area contributed by atoms with Gasteiger partial charge in [0.05, 0.1) is 6.61 Å². The van der Waals surface area contributed by atoms with Gasteiger partial charge in [0.15, 0.2) is 17.6 Å². The number of ether oxygens (including phenoxy) is 2. The SMILES string of the molecule is ClCOc1cccc2c1OCC2. The summed E-state index contributed by atoms with van der Waals surface area (Å²) in [6.45, 7) is 0.748. The molecule has 1 aromatic rings. The molecule has 3 heteroatoms. The highest BCUT2D eigenvalue weighted by atomic mass is 35.5. The van der Waals surface area contributed by atoms with Crippen LogP contribution in [-0.2, 0) is 6.42 Å². The lowest BCUT2D eigenvalue weighted by Crippen LogP contribution is -1.92. The summed E-state index contributed by atoms with van der Waals surface area (Å²) in [6, 6.07) is 6.03. The predicted octanol–water partition coefficient (Wildman–Crippen LogP) is 2.20. The molecule has 64 valence electrons. The highest BCUT2D eigenvalue weighted by molar-refractivity contribution is 6.17. The summed E-state index contributed by atoms with van der Waals surface area (Å²) in [6.07, 6.45) is 0.967. The summed E-state index contributed by atoms with van der Waals surface area (Å²) in [7, 11) is 0. The van der Waals surface area contributed by atoms with Crippen LogP contribution >= 0.6 is 11.6 Å². The molecule has 2 nitrogen and oxygen atoms in total. The molecule has 0 radical (unpaired) electrons. The zero-order valence-electron chi connectivity index (χ0n) is 6.55. The number of rotatable bonds is 2. The minimum Gasteiger partial charge on any atom is -0.489 e. The van der Waals surface area contributed by atoms with Crippen molar-refractivity contribution in [3.63, 3.8) is 0 Å². The van der Waals surface area contributed by atoms with E-state index in [0.29, 0.717) is 0 Å². The van der Waals surface area contributed by atoms with Crippen molar-refractivity contribution in [3.05, 3.63) is 23.8 Å². The third-order valence-corrected chi connectivity index (χ3v) is 2.00. The van der Waals surface area contributed by atoms with Gasteiger partial charge in [-0.3, -0.25) is 0 Å². The molecule has 0 aliphatic carbocycles. The van der Waals surface area contributed by atoms with Gasteiger partial charge in [0.25, 0.3) is 0 Å². The Balaban J connectivity index is 2.36. The first-order valence-corrected chi connectivity index (χ1v) is 4.38. The maximum atomic E-state index is 5.46. The number of fused-ring (bicyclic) bond motifs is 1. The van der Waals surface area contributed by atoms with E-state index in [9.17, 15) is 0 Å². The third kappa shape index (κ3) is 1.23. The van der Waals surface area contributed by atoms with Gasteiger partial charge in [0.1, 0.15) is 0 Å². The van der Waals surface area contributed by atoms with Crippen LogP contribution in [0.15, 0.2) is 18.2 Å². The number of para-hydroxylation sites is 1. The van der Waals surface area contributed by atoms with Gasteiger partial charge in [-0.05, 0) is 6.07 Å². The second kappa shape index (κ2) is 3.23. The predicted molar refractivity (Wildman–Crippen MR) is 47.0 cm³/mol. The largest absolute Gasteiger partial charge is 0.489 e.